The Morgan fingerprint density at radius 1 is 1.14 bits per heavy atom. The van der Waals surface area contributed by atoms with E-state index in [1.807, 2.05) is 19.2 Å². The van der Waals surface area contributed by atoms with Crippen LogP contribution in [-0.2, 0) is 12.7 Å². The Kier molecular flexibility index (Phi) is 6.01. The Bertz CT molecular complexity index is 815. The molecule has 7 heteroatoms. The quantitative estimate of drug-likeness (QED) is 0.833. The molecule has 2 heterocycles. The maximum absolute atomic E-state index is 12.7. The number of hydrogen-bond donors (Lipinski definition) is 1. The highest BCUT2D eigenvalue weighted by atomic mass is 19.4. The van der Waals surface area contributed by atoms with Gasteiger partial charge in [-0.15, -0.1) is 0 Å². The van der Waals surface area contributed by atoms with E-state index in [1.165, 1.54) is 12.1 Å². The van der Waals surface area contributed by atoms with Gasteiger partial charge in [-0.2, -0.15) is 18.4 Å². The minimum absolute atomic E-state index is 0.0874. The summed E-state index contributed by atoms with van der Waals surface area (Å²) < 4.78 is 38.0. The van der Waals surface area contributed by atoms with E-state index in [0.29, 0.717) is 17.7 Å². The van der Waals surface area contributed by atoms with Gasteiger partial charge in [-0.25, -0.2) is 0 Å². The van der Waals surface area contributed by atoms with Crippen molar-refractivity contribution in [3.8, 4) is 17.3 Å². The van der Waals surface area contributed by atoms with E-state index < -0.39 is 11.7 Å². The first-order chi connectivity index (χ1) is 13.3. The van der Waals surface area contributed by atoms with E-state index in [1.54, 1.807) is 6.20 Å². The van der Waals surface area contributed by atoms with Crippen LogP contribution in [0.5, 0.6) is 0 Å². The average Bonchev–Trinajstić information content (AvgIpc) is 2.70. The number of aromatic nitrogens is 1. The summed E-state index contributed by atoms with van der Waals surface area (Å²) in [6, 6.07) is 11.1. The van der Waals surface area contributed by atoms with Gasteiger partial charge in [-0.05, 0) is 43.7 Å². The van der Waals surface area contributed by atoms with Gasteiger partial charge in [0.2, 0.25) is 0 Å². The summed E-state index contributed by atoms with van der Waals surface area (Å²) in [6.45, 7) is 2.58. The zero-order chi connectivity index (χ0) is 20.2. The Morgan fingerprint density at radius 2 is 1.82 bits per heavy atom. The second-order valence-electron chi connectivity index (χ2n) is 7.27. The highest BCUT2D eigenvalue weighted by Gasteiger charge is 2.33. The van der Waals surface area contributed by atoms with Crippen LogP contribution >= 0.6 is 0 Å². The van der Waals surface area contributed by atoms with Crippen molar-refractivity contribution in [2.24, 2.45) is 0 Å². The van der Waals surface area contributed by atoms with Gasteiger partial charge >= 0.3 is 6.18 Å². The summed E-state index contributed by atoms with van der Waals surface area (Å²) in [5.74, 6) is 0. The molecule has 4 nitrogen and oxygen atoms in total. The lowest BCUT2D eigenvalue weighted by Crippen LogP contribution is -2.51. The second-order valence-corrected chi connectivity index (χ2v) is 7.27. The van der Waals surface area contributed by atoms with Crippen LogP contribution in [0.25, 0.3) is 11.3 Å². The highest BCUT2D eigenvalue weighted by Crippen LogP contribution is 2.31. The first-order valence-corrected chi connectivity index (χ1v) is 9.26. The molecule has 0 bridgehead atoms. The largest absolute Gasteiger partial charge is 0.416 e. The molecule has 1 aromatic carbocycles. The third kappa shape index (κ3) is 4.70. The molecule has 28 heavy (non-hydrogen) atoms. The number of benzene rings is 1. The summed E-state index contributed by atoms with van der Waals surface area (Å²) in [7, 11) is 1.91. The number of nitrogens with zero attached hydrogens (tertiary/aromatic N) is 3. The predicted octanol–water partition coefficient (Wildman–Crippen LogP) is 4.24. The normalized spacial score (nSPS) is 17.2. The van der Waals surface area contributed by atoms with Crippen molar-refractivity contribution in [2.75, 3.05) is 20.1 Å². The molecule has 3 rings (SSSR count). The third-order valence-electron chi connectivity index (χ3n) is 5.50. The van der Waals surface area contributed by atoms with E-state index in [-0.39, 0.29) is 5.54 Å². The first kappa shape index (κ1) is 20.3. The molecule has 0 radical (unpaired) electrons. The van der Waals surface area contributed by atoms with E-state index in [4.69, 9.17) is 5.26 Å². The Balaban J connectivity index is 1.60. The Morgan fingerprint density at radius 3 is 2.32 bits per heavy atom. The number of piperidine rings is 1. The van der Waals surface area contributed by atoms with Gasteiger partial charge in [-0.3, -0.25) is 9.88 Å². The van der Waals surface area contributed by atoms with Crippen LogP contribution in [0.4, 0.5) is 13.2 Å². The molecule has 1 aliphatic rings. The Hall–Kier alpha value is -2.43. The molecule has 0 aliphatic carbocycles. The molecular formula is C21H23F3N4. The molecule has 2 aromatic rings. The standard InChI is InChI=1S/C21H23F3N4/c1-26-20(8-11-25)9-12-28(13-10-20)15-16-2-7-19(27-14-16)17-3-5-18(6-4-17)21(22,23)24/h2-7,14,26H,8-10,12-13,15H2,1H3. The van der Waals surface area contributed by atoms with Gasteiger partial charge in [0.05, 0.1) is 23.7 Å². The van der Waals surface area contributed by atoms with Crippen molar-refractivity contribution in [3.05, 3.63) is 53.7 Å². The molecule has 1 saturated heterocycles. The summed E-state index contributed by atoms with van der Waals surface area (Å²) in [5, 5.41) is 12.3. The van der Waals surface area contributed by atoms with Crippen molar-refractivity contribution in [3.63, 3.8) is 0 Å². The number of pyridine rings is 1. The van der Waals surface area contributed by atoms with Crippen LogP contribution in [0.2, 0.25) is 0 Å². The van der Waals surface area contributed by atoms with Crippen molar-refractivity contribution < 1.29 is 13.2 Å². The van der Waals surface area contributed by atoms with Crippen molar-refractivity contribution >= 4 is 0 Å². The first-order valence-electron chi connectivity index (χ1n) is 9.26. The van der Waals surface area contributed by atoms with Gasteiger partial charge in [0.15, 0.2) is 0 Å². The maximum Gasteiger partial charge on any atom is 0.416 e. The maximum atomic E-state index is 12.7. The fourth-order valence-electron chi connectivity index (χ4n) is 3.58. The van der Waals surface area contributed by atoms with Crippen LogP contribution in [0.3, 0.4) is 0 Å². The van der Waals surface area contributed by atoms with Crippen molar-refractivity contribution in [2.45, 2.75) is 37.5 Å². The molecule has 0 spiro atoms. The minimum atomic E-state index is -4.33. The summed E-state index contributed by atoms with van der Waals surface area (Å²) in [4.78, 5) is 6.75. The lowest BCUT2D eigenvalue weighted by Gasteiger charge is -2.40. The molecule has 0 unspecified atom stereocenters. The van der Waals surface area contributed by atoms with Gasteiger partial charge in [0.1, 0.15) is 0 Å². The number of nitrogens with one attached hydrogen (secondary N) is 1. The zero-order valence-corrected chi connectivity index (χ0v) is 15.8. The molecule has 148 valence electrons. The van der Waals surface area contributed by atoms with Crippen molar-refractivity contribution in [1.29, 1.82) is 5.26 Å². The molecule has 0 atom stereocenters. The smallest absolute Gasteiger partial charge is 0.313 e. The third-order valence-corrected chi connectivity index (χ3v) is 5.50. The molecule has 0 amide bonds. The SMILES string of the molecule is CNC1(CC#N)CCN(Cc2ccc(-c3ccc(C(F)(F)F)cc3)nc2)CC1. The fraction of sp³-hybridized carbons (Fsp3) is 0.429. The molecule has 1 N–H and O–H groups in total. The van der Waals surface area contributed by atoms with Crippen LogP contribution < -0.4 is 5.32 Å². The summed E-state index contributed by atoms with van der Waals surface area (Å²) in [5.41, 5.74) is 1.63. The fourth-order valence-corrected chi connectivity index (χ4v) is 3.58. The van der Waals surface area contributed by atoms with Gasteiger partial charge in [-0.1, -0.05) is 18.2 Å². The summed E-state index contributed by atoms with van der Waals surface area (Å²) in [6.07, 6.45) is -0.187. The van der Waals surface area contributed by atoms with E-state index >= 15 is 0 Å². The van der Waals surface area contributed by atoms with Gasteiger partial charge in [0, 0.05) is 36.9 Å². The molecular weight excluding hydrogens is 365 g/mol. The number of alkyl halides is 3. The summed E-state index contributed by atoms with van der Waals surface area (Å²) >= 11 is 0. The number of halogens is 3. The Labute approximate surface area is 163 Å². The topological polar surface area (TPSA) is 52.0 Å². The minimum Gasteiger partial charge on any atom is -0.313 e. The van der Waals surface area contributed by atoms with Gasteiger partial charge in [0.25, 0.3) is 0 Å². The van der Waals surface area contributed by atoms with Crippen LogP contribution in [0, 0.1) is 11.3 Å². The predicted molar refractivity (Wildman–Crippen MR) is 101 cm³/mol. The molecule has 0 saturated carbocycles. The van der Waals surface area contributed by atoms with Gasteiger partial charge < -0.3 is 5.32 Å². The lowest BCUT2D eigenvalue weighted by atomic mass is 9.85. The van der Waals surface area contributed by atoms with Crippen molar-refractivity contribution in [1.82, 2.24) is 15.2 Å². The number of hydrogen-bond acceptors (Lipinski definition) is 4. The van der Waals surface area contributed by atoms with E-state index in [0.717, 1.165) is 50.2 Å². The average molecular weight is 388 g/mol. The zero-order valence-electron chi connectivity index (χ0n) is 15.8. The number of rotatable bonds is 5. The van der Waals surface area contributed by atoms with E-state index in [2.05, 4.69) is 21.3 Å². The second kappa shape index (κ2) is 8.29. The van der Waals surface area contributed by atoms with Crippen LogP contribution in [0.1, 0.15) is 30.4 Å². The highest BCUT2D eigenvalue weighted by molar-refractivity contribution is 5.59. The molecule has 1 aliphatic heterocycles. The van der Waals surface area contributed by atoms with E-state index in [9.17, 15) is 13.2 Å². The molecule has 1 aromatic heterocycles. The molecule has 1 fully saturated rings. The number of nitriles is 1. The van der Waals surface area contributed by atoms with Crippen LogP contribution in [0.15, 0.2) is 42.6 Å². The number of likely N-dealkylation sites (tertiary alicyclic amines) is 1. The van der Waals surface area contributed by atoms with Crippen LogP contribution in [-0.4, -0.2) is 35.6 Å². The monoisotopic (exact) mass is 388 g/mol. The lowest BCUT2D eigenvalue weighted by molar-refractivity contribution is -0.137.